The number of aromatic nitrogens is 1. The summed E-state index contributed by atoms with van der Waals surface area (Å²) in [6.07, 6.45) is 1.74. The lowest BCUT2D eigenvalue weighted by Crippen LogP contribution is -1.98. The molecule has 1 aliphatic carbocycles. The lowest BCUT2D eigenvalue weighted by Gasteiger charge is -2.00. The SMILES string of the molecule is O=C(O)c1oc(-c2c(F)cccc2Cl)nc1C1CC1. The summed E-state index contributed by atoms with van der Waals surface area (Å²) < 4.78 is 19.0. The van der Waals surface area contributed by atoms with Gasteiger partial charge in [0, 0.05) is 5.92 Å². The zero-order valence-corrected chi connectivity index (χ0v) is 10.4. The first-order valence-corrected chi connectivity index (χ1v) is 6.14. The second kappa shape index (κ2) is 4.35. The number of hydrogen-bond acceptors (Lipinski definition) is 3. The average Bonchev–Trinajstić information content (AvgIpc) is 3.09. The molecule has 0 radical (unpaired) electrons. The first kappa shape index (κ1) is 12.2. The number of nitrogens with zero attached hydrogens (tertiary/aromatic N) is 1. The lowest BCUT2D eigenvalue weighted by molar-refractivity contribution is 0.0661. The maximum absolute atomic E-state index is 13.8. The molecule has 0 unspecified atom stereocenters. The molecule has 0 amide bonds. The summed E-state index contributed by atoms with van der Waals surface area (Å²) >= 11 is 5.91. The van der Waals surface area contributed by atoms with Crippen LogP contribution in [0.5, 0.6) is 0 Å². The molecule has 6 heteroatoms. The third-order valence-electron chi connectivity index (χ3n) is 2.99. The van der Waals surface area contributed by atoms with E-state index >= 15 is 0 Å². The van der Waals surface area contributed by atoms with E-state index in [4.69, 9.17) is 21.1 Å². The fourth-order valence-electron chi connectivity index (χ4n) is 1.93. The van der Waals surface area contributed by atoms with Crippen LogP contribution in [0.2, 0.25) is 5.02 Å². The largest absolute Gasteiger partial charge is 0.475 e. The molecule has 1 aromatic carbocycles. The highest BCUT2D eigenvalue weighted by atomic mass is 35.5. The summed E-state index contributed by atoms with van der Waals surface area (Å²) in [6, 6.07) is 4.19. The van der Waals surface area contributed by atoms with E-state index in [1.165, 1.54) is 18.2 Å². The molecular formula is C13H9ClFNO3. The molecule has 3 rings (SSSR count). The molecule has 1 aliphatic rings. The topological polar surface area (TPSA) is 63.3 Å². The van der Waals surface area contributed by atoms with Crippen molar-refractivity contribution in [2.75, 3.05) is 0 Å². The molecule has 0 saturated heterocycles. The number of halogens is 2. The number of carboxylic acids is 1. The molecule has 0 atom stereocenters. The molecule has 1 fully saturated rings. The normalized spacial score (nSPS) is 14.6. The number of rotatable bonds is 3. The molecule has 1 heterocycles. The van der Waals surface area contributed by atoms with Crippen molar-refractivity contribution in [3.63, 3.8) is 0 Å². The molecule has 19 heavy (non-hydrogen) atoms. The summed E-state index contributed by atoms with van der Waals surface area (Å²) in [5.41, 5.74) is 0.375. The van der Waals surface area contributed by atoms with Gasteiger partial charge in [-0.15, -0.1) is 0 Å². The van der Waals surface area contributed by atoms with Crippen LogP contribution in [-0.2, 0) is 0 Å². The number of oxazole rings is 1. The molecule has 0 spiro atoms. The first-order chi connectivity index (χ1) is 9.08. The van der Waals surface area contributed by atoms with E-state index in [0.717, 1.165) is 12.8 Å². The second-order valence-electron chi connectivity index (χ2n) is 4.41. The Balaban J connectivity index is 2.16. The molecule has 2 aromatic rings. The zero-order valence-electron chi connectivity index (χ0n) is 9.69. The van der Waals surface area contributed by atoms with Crippen molar-refractivity contribution >= 4 is 17.6 Å². The van der Waals surface area contributed by atoms with E-state index < -0.39 is 11.8 Å². The Morgan fingerprint density at radius 1 is 1.47 bits per heavy atom. The van der Waals surface area contributed by atoms with Crippen molar-refractivity contribution in [3.8, 4) is 11.5 Å². The second-order valence-corrected chi connectivity index (χ2v) is 4.82. The van der Waals surface area contributed by atoms with Gasteiger partial charge in [-0.3, -0.25) is 0 Å². The summed E-state index contributed by atoms with van der Waals surface area (Å²) in [4.78, 5) is 15.2. The molecule has 98 valence electrons. The summed E-state index contributed by atoms with van der Waals surface area (Å²) in [6.45, 7) is 0. The first-order valence-electron chi connectivity index (χ1n) is 5.76. The van der Waals surface area contributed by atoms with E-state index in [9.17, 15) is 9.18 Å². The van der Waals surface area contributed by atoms with E-state index in [-0.39, 0.29) is 28.2 Å². The number of hydrogen-bond donors (Lipinski definition) is 1. The molecule has 0 bridgehead atoms. The van der Waals surface area contributed by atoms with Gasteiger partial charge in [0.2, 0.25) is 11.7 Å². The third kappa shape index (κ3) is 2.10. The predicted molar refractivity (Wildman–Crippen MR) is 65.8 cm³/mol. The average molecular weight is 282 g/mol. The lowest BCUT2D eigenvalue weighted by atomic mass is 10.2. The van der Waals surface area contributed by atoms with Crippen molar-refractivity contribution in [3.05, 3.63) is 40.5 Å². The van der Waals surface area contributed by atoms with Gasteiger partial charge >= 0.3 is 5.97 Å². The van der Waals surface area contributed by atoms with Crippen molar-refractivity contribution in [1.29, 1.82) is 0 Å². The van der Waals surface area contributed by atoms with Gasteiger partial charge in [-0.05, 0) is 25.0 Å². The Bertz CT molecular complexity index is 644. The Morgan fingerprint density at radius 3 is 2.79 bits per heavy atom. The highest BCUT2D eigenvalue weighted by Crippen LogP contribution is 2.43. The highest BCUT2D eigenvalue weighted by Gasteiger charge is 2.34. The molecule has 1 saturated carbocycles. The fraction of sp³-hybridized carbons (Fsp3) is 0.231. The molecule has 1 aromatic heterocycles. The Morgan fingerprint density at radius 2 is 2.21 bits per heavy atom. The van der Waals surface area contributed by atoms with Gasteiger partial charge in [0.05, 0.1) is 16.3 Å². The van der Waals surface area contributed by atoms with Crippen LogP contribution in [0.3, 0.4) is 0 Å². The maximum atomic E-state index is 13.8. The number of carboxylic acid groups (broad SMARTS) is 1. The third-order valence-corrected chi connectivity index (χ3v) is 3.30. The van der Waals surface area contributed by atoms with Gasteiger partial charge in [0.1, 0.15) is 5.82 Å². The molecular weight excluding hydrogens is 273 g/mol. The van der Waals surface area contributed by atoms with Gasteiger partial charge in [-0.2, -0.15) is 0 Å². The van der Waals surface area contributed by atoms with Crippen LogP contribution in [-0.4, -0.2) is 16.1 Å². The Kier molecular flexibility index (Phi) is 2.78. The van der Waals surface area contributed by atoms with Crippen LogP contribution in [0.25, 0.3) is 11.5 Å². The monoisotopic (exact) mass is 281 g/mol. The molecule has 0 aliphatic heterocycles. The summed E-state index contributed by atoms with van der Waals surface area (Å²) in [7, 11) is 0. The number of benzene rings is 1. The zero-order chi connectivity index (χ0) is 13.6. The Labute approximate surface area is 112 Å². The van der Waals surface area contributed by atoms with Crippen LogP contribution in [0.1, 0.15) is 35.0 Å². The van der Waals surface area contributed by atoms with Gasteiger partial charge < -0.3 is 9.52 Å². The highest BCUT2D eigenvalue weighted by molar-refractivity contribution is 6.33. The van der Waals surface area contributed by atoms with Gasteiger partial charge in [0.25, 0.3) is 0 Å². The van der Waals surface area contributed by atoms with Crippen molar-refractivity contribution in [1.82, 2.24) is 4.98 Å². The van der Waals surface area contributed by atoms with Gasteiger partial charge in [-0.25, -0.2) is 14.2 Å². The number of aromatic carboxylic acids is 1. The fourth-order valence-corrected chi connectivity index (χ4v) is 2.17. The van der Waals surface area contributed by atoms with E-state index in [1.54, 1.807) is 0 Å². The standard InChI is InChI=1S/C13H9ClFNO3/c14-7-2-1-3-8(15)9(7)12-16-10(6-4-5-6)11(19-12)13(17)18/h1-3,6H,4-5H2,(H,17,18). The number of carbonyl (C=O) groups is 1. The van der Waals surface area contributed by atoms with Crippen LogP contribution >= 0.6 is 11.6 Å². The summed E-state index contributed by atoms with van der Waals surface area (Å²) in [5, 5.41) is 9.22. The van der Waals surface area contributed by atoms with Crippen LogP contribution in [0, 0.1) is 5.82 Å². The van der Waals surface area contributed by atoms with E-state index in [2.05, 4.69) is 4.98 Å². The summed E-state index contributed by atoms with van der Waals surface area (Å²) in [5.74, 6) is -2.01. The molecule has 1 N–H and O–H groups in total. The van der Waals surface area contributed by atoms with Crippen molar-refractivity contribution < 1.29 is 18.7 Å². The van der Waals surface area contributed by atoms with E-state index in [0.29, 0.717) is 5.69 Å². The van der Waals surface area contributed by atoms with Crippen LogP contribution < -0.4 is 0 Å². The molecule has 4 nitrogen and oxygen atoms in total. The van der Waals surface area contributed by atoms with Crippen LogP contribution in [0.4, 0.5) is 4.39 Å². The van der Waals surface area contributed by atoms with Crippen molar-refractivity contribution in [2.45, 2.75) is 18.8 Å². The van der Waals surface area contributed by atoms with E-state index in [1.807, 2.05) is 0 Å². The van der Waals surface area contributed by atoms with Gasteiger partial charge in [0.15, 0.2) is 0 Å². The predicted octanol–water partition coefficient (Wildman–Crippen LogP) is 3.71. The van der Waals surface area contributed by atoms with Crippen molar-refractivity contribution in [2.24, 2.45) is 0 Å². The minimum atomic E-state index is -1.20. The Hall–Kier alpha value is -1.88. The minimum absolute atomic E-state index is 0.00133. The quantitative estimate of drug-likeness (QED) is 0.931. The minimum Gasteiger partial charge on any atom is -0.475 e. The smallest absolute Gasteiger partial charge is 0.373 e. The van der Waals surface area contributed by atoms with Gasteiger partial charge in [-0.1, -0.05) is 17.7 Å². The maximum Gasteiger partial charge on any atom is 0.373 e. The van der Waals surface area contributed by atoms with Crippen LogP contribution in [0.15, 0.2) is 22.6 Å².